The summed E-state index contributed by atoms with van der Waals surface area (Å²) in [6.45, 7) is 1.59. The third-order valence-corrected chi connectivity index (χ3v) is 4.86. The minimum Gasteiger partial charge on any atom is -0.456 e. The van der Waals surface area contributed by atoms with Gasteiger partial charge in [0.05, 0.1) is 17.1 Å². The molecule has 0 aliphatic rings. The largest absolute Gasteiger partial charge is 0.456 e. The first-order chi connectivity index (χ1) is 14.9. The predicted molar refractivity (Wildman–Crippen MR) is 114 cm³/mol. The molecular formula is C22H16ClFN4O3. The number of aryl methyl sites for hydroxylation is 1. The van der Waals surface area contributed by atoms with Crippen LogP contribution in [0.4, 0.5) is 4.39 Å². The van der Waals surface area contributed by atoms with E-state index in [1.807, 2.05) is 0 Å². The van der Waals surface area contributed by atoms with Crippen LogP contribution in [0.25, 0.3) is 17.4 Å². The zero-order chi connectivity index (χ0) is 22.0. The number of benzene rings is 1. The molecular weight excluding hydrogens is 423 g/mol. The first kappa shape index (κ1) is 20.5. The Bertz CT molecular complexity index is 1360. The number of aromatic nitrogens is 4. The van der Waals surface area contributed by atoms with Crippen molar-refractivity contribution in [2.45, 2.75) is 13.5 Å². The molecule has 3 aromatic heterocycles. The third-order valence-electron chi connectivity index (χ3n) is 4.49. The number of carbonyl (C=O) groups is 1. The molecule has 4 aromatic rings. The zero-order valence-corrected chi connectivity index (χ0v) is 17.1. The Hall–Kier alpha value is -3.78. The van der Waals surface area contributed by atoms with Crippen LogP contribution in [0.3, 0.4) is 0 Å². The minimum atomic E-state index is -0.625. The molecule has 0 radical (unpaired) electrons. The van der Waals surface area contributed by atoms with Gasteiger partial charge in [-0.15, -0.1) is 0 Å². The summed E-state index contributed by atoms with van der Waals surface area (Å²) in [4.78, 5) is 28.5. The zero-order valence-electron chi connectivity index (χ0n) is 16.3. The molecule has 9 heteroatoms. The Morgan fingerprint density at radius 2 is 2.00 bits per heavy atom. The highest BCUT2D eigenvalue weighted by atomic mass is 35.5. The molecule has 0 fully saturated rings. The summed E-state index contributed by atoms with van der Waals surface area (Å²) in [6, 6.07) is 12.2. The third kappa shape index (κ3) is 4.39. The molecule has 0 atom stereocenters. The average molecular weight is 439 g/mol. The molecule has 0 amide bonds. The summed E-state index contributed by atoms with van der Waals surface area (Å²) in [5.41, 5.74) is 2.25. The highest BCUT2D eigenvalue weighted by molar-refractivity contribution is 6.31. The lowest BCUT2D eigenvalue weighted by molar-refractivity contribution is -0.139. The SMILES string of the molecule is Cc1nn(-c2ccc(F)cc2)c(Cl)c1/C=C/C(=O)OCc1cc(=O)n2ccccc2n1. The number of halogens is 2. The lowest BCUT2D eigenvalue weighted by Gasteiger charge is -2.04. The number of fused-ring (bicyclic) bond motifs is 1. The Morgan fingerprint density at radius 3 is 2.77 bits per heavy atom. The number of hydrogen-bond donors (Lipinski definition) is 0. The van der Waals surface area contributed by atoms with Crippen LogP contribution >= 0.6 is 11.6 Å². The van der Waals surface area contributed by atoms with E-state index in [2.05, 4.69) is 10.1 Å². The predicted octanol–water partition coefficient (Wildman–Crippen LogP) is 3.74. The average Bonchev–Trinajstić information content (AvgIpc) is 3.05. The number of carbonyl (C=O) groups excluding carboxylic acids is 1. The number of rotatable bonds is 5. The maximum atomic E-state index is 13.1. The van der Waals surface area contributed by atoms with Gasteiger partial charge in [-0.05, 0) is 49.4 Å². The normalized spacial score (nSPS) is 11.3. The van der Waals surface area contributed by atoms with Crippen LogP contribution in [0.2, 0.25) is 5.15 Å². The minimum absolute atomic E-state index is 0.147. The molecule has 0 bridgehead atoms. The van der Waals surface area contributed by atoms with E-state index in [4.69, 9.17) is 16.3 Å². The van der Waals surface area contributed by atoms with E-state index in [0.29, 0.717) is 28.3 Å². The topological polar surface area (TPSA) is 78.5 Å². The van der Waals surface area contributed by atoms with Crippen molar-refractivity contribution >= 4 is 29.3 Å². The fraction of sp³-hybridized carbons (Fsp3) is 0.0909. The number of nitrogens with zero attached hydrogens (tertiary/aromatic N) is 4. The first-order valence-corrected chi connectivity index (χ1v) is 9.63. The highest BCUT2D eigenvalue weighted by Crippen LogP contribution is 2.25. The van der Waals surface area contributed by atoms with Gasteiger partial charge < -0.3 is 4.74 Å². The molecule has 0 spiro atoms. The first-order valence-electron chi connectivity index (χ1n) is 9.25. The van der Waals surface area contributed by atoms with Gasteiger partial charge in [0.25, 0.3) is 5.56 Å². The molecule has 0 aliphatic carbocycles. The Labute approximate surface area is 181 Å². The second-order valence-electron chi connectivity index (χ2n) is 6.63. The van der Waals surface area contributed by atoms with E-state index in [0.717, 1.165) is 0 Å². The summed E-state index contributed by atoms with van der Waals surface area (Å²) in [7, 11) is 0. The monoisotopic (exact) mass is 438 g/mol. The molecule has 156 valence electrons. The molecule has 1 aromatic carbocycles. The highest BCUT2D eigenvalue weighted by Gasteiger charge is 2.13. The molecule has 0 aliphatic heterocycles. The summed E-state index contributed by atoms with van der Waals surface area (Å²) >= 11 is 6.39. The van der Waals surface area contributed by atoms with Crippen LogP contribution in [0.5, 0.6) is 0 Å². The van der Waals surface area contributed by atoms with E-state index in [9.17, 15) is 14.0 Å². The van der Waals surface area contributed by atoms with Crippen LogP contribution < -0.4 is 5.56 Å². The molecule has 0 unspecified atom stereocenters. The second-order valence-corrected chi connectivity index (χ2v) is 6.99. The Kier molecular flexibility index (Phi) is 5.64. The Morgan fingerprint density at radius 1 is 1.23 bits per heavy atom. The van der Waals surface area contributed by atoms with Crippen molar-refractivity contribution in [1.82, 2.24) is 19.2 Å². The van der Waals surface area contributed by atoms with E-state index in [1.165, 1.54) is 39.4 Å². The van der Waals surface area contributed by atoms with Crippen molar-refractivity contribution in [1.29, 1.82) is 0 Å². The summed E-state index contributed by atoms with van der Waals surface area (Å²) in [5.74, 6) is -0.990. The molecule has 0 saturated heterocycles. The van der Waals surface area contributed by atoms with E-state index in [-0.39, 0.29) is 23.1 Å². The van der Waals surface area contributed by atoms with Gasteiger partial charge in [-0.3, -0.25) is 9.20 Å². The summed E-state index contributed by atoms with van der Waals surface area (Å²) in [6.07, 6.45) is 4.33. The fourth-order valence-corrected chi connectivity index (χ4v) is 3.31. The van der Waals surface area contributed by atoms with Gasteiger partial charge in [-0.2, -0.15) is 5.10 Å². The van der Waals surface area contributed by atoms with E-state index < -0.39 is 5.97 Å². The van der Waals surface area contributed by atoms with Gasteiger partial charge >= 0.3 is 5.97 Å². The number of pyridine rings is 1. The molecule has 31 heavy (non-hydrogen) atoms. The van der Waals surface area contributed by atoms with Crippen LogP contribution in [-0.2, 0) is 16.1 Å². The van der Waals surface area contributed by atoms with Crippen LogP contribution in [0.15, 0.2) is 65.6 Å². The molecule has 3 heterocycles. The maximum absolute atomic E-state index is 13.1. The smallest absolute Gasteiger partial charge is 0.331 e. The number of ether oxygens (including phenoxy) is 1. The van der Waals surface area contributed by atoms with Crippen LogP contribution in [0.1, 0.15) is 17.0 Å². The van der Waals surface area contributed by atoms with E-state index in [1.54, 1.807) is 43.5 Å². The van der Waals surface area contributed by atoms with Crippen molar-refractivity contribution < 1.29 is 13.9 Å². The summed E-state index contributed by atoms with van der Waals surface area (Å²) in [5, 5.41) is 4.61. The van der Waals surface area contributed by atoms with Crippen LogP contribution in [0, 0.1) is 12.7 Å². The maximum Gasteiger partial charge on any atom is 0.331 e. The standard InChI is InChI=1S/C22H16ClFN4O3/c1-14-18(22(23)28(26-14)17-7-5-15(24)6-8-17)9-10-21(30)31-13-16-12-20(29)27-11-3-2-4-19(27)25-16/h2-12H,13H2,1H3/b10-9+. The van der Waals surface area contributed by atoms with Gasteiger partial charge in [0, 0.05) is 23.9 Å². The lowest BCUT2D eigenvalue weighted by Crippen LogP contribution is -2.16. The molecule has 4 rings (SSSR count). The number of hydrogen-bond acceptors (Lipinski definition) is 5. The Balaban J connectivity index is 1.47. The van der Waals surface area contributed by atoms with Gasteiger partial charge in [0.15, 0.2) is 0 Å². The van der Waals surface area contributed by atoms with Gasteiger partial charge in [-0.25, -0.2) is 18.9 Å². The van der Waals surface area contributed by atoms with Crippen molar-refractivity contribution in [2.75, 3.05) is 0 Å². The van der Waals surface area contributed by atoms with Crippen molar-refractivity contribution in [3.05, 3.63) is 99.1 Å². The van der Waals surface area contributed by atoms with Crippen molar-refractivity contribution in [2.24, 2.45) is 0 Å². The van der Waals surface area contributed by atoms with Gasteiger partial charge in [0.2, 0.25) is 0 Å². The van der Waals surface area contributed by atoms with Crippen LogP contribution in [-0.4, -0.2) is 25.1 Å². The summed E-state index contributed by atoms with van der Waals surface area (Å²) < 4.78 is 21.2. The van der Waals surface area contributed by atoms with E-state index >= 15 is 0 Å². The van der Waals surface area contributed by atoms with Crippen molar-refractivity contribution in [3.63, 3.8) is 0 Å². The fourth-order valence-electron chi connectivity index (χ4n) is 2.98. The van der Waals surface area contributed by atoms with Crippen molar-refractivity contribution in [3.8, 4) is 5.69 Å². The van der Waals surface area contributed by atoms with Gasteiger partial charge in [0.1, 0.15) is 23.2 Å². The van der Waals surface area contributed by atoms with Gasteiger partial charge in [-0.1, -0.05) is 17.7 Å². The molecule has 7 nitrogen and oxygen atoms in total. The molecule has 0 saturated carbocycles. The lowest BCUT2D eigenvalue weighted by atomic mass is 10.2. The second kappa shape index (κ2) is 8.53. The quantitative estimate of drug-likeness (QED) is 0.350. The molecule has 0 N–H and O–H groups in total. The number of esters is 1.